The quantitative estimate of drug-likeness (QED) is 0.728. The van der Waals surface area contributed by atoms with Crippen LogP contribution in [-0.4, -0.2) is 43.7 Å². The van der Waals surface area contributed by atoms with E-state index in [1.165, 1.54) is 11.0 Å². The Morgan fingerprint density at radius 2 is 2.00 bits per heavy atom. The first-order chi connectivity index (χ1) is 14.7. The Labute approximate surface area is 175 Å². The number of rotatable bonds is 6. The molecule has 0 unspecified atom stereocenters. The third-order valence-corrected chi connectivity index (χ3v) is 5.54. The van der Waals surface area contributed by atoms with Crippen LogP contribution in [-0.2, 0) is 4.79 Å². The number of carbonyl (C=O) groups excluding carboxylic acids is 1. The maximum Gasteiger partial charge on any atom is 0.241 e. The lowest BCUT2D eigenvalue weighted by Gasteiger charge is -2.29. The third kappa shape index (κ3) is 4.24. The van der Waals surface area contributed by atoms with E-state index in [-0.39, 0.29) is 37.1 Å². The average Bonchev–Trinajstić information content (AvgIpc) is 3.23. The van der Waals surface area contributed by atoms with E-state index in [0.717, 1.165) is 36.4 Å². The number of hydrogen-bond donors (Lipinski definition) is 0. The summed E-state index contributed by atoms with van der Waals surface area (Å²) in [4.78, 5) is 16.6. The molecule has 0 N–H and O–H groups in total. The van der Waals surface area contributed by atoms with Crippen molar-refractivity contribution < 1.29 is 18.7 Å². The van der Waals surface area contributed by atoms with Gasteiger partial charge in [0.15, 0.2) is 11.5 Å². The molecule has 1 saturated heterocycles. The van der Waals surface area contributed by atoms with Gasteiger partial charge in [0, 0.05) is 12.6 Å². The van der Waals surface area contributed by atoms with E-state index < -0.39 is 5.82 Å². The molecular formula is C23H24FN3O3. The maximum absolute atomic E-state index is 14.3. The van der Waals surface area contributed by atoms with Crippen LogP contribution in [0.25, 0.3) is 0 Å². The summed E-state index contributed by atoms with van der Waals surface area (Å²) in [5.41, 5.74) is 1.30. The fourth-order valence-electron chi connectivity index (χ4n) is 4.13. The van der Waals surface area contributed by atoms with Gasteiger partial charge in [-0.05, 0) is 49.2 Å². The molecule has 0 saturated carbocycles. The van der Waals surface area contributed by atoms with Crippen LogP contribution in [0.2, 0.25) is 0 Å². The number of benzene rings is 2. The third-order valence-electron chi connectivity index (χ3n) is 5.54. The van der Waals surface area contributed by atoms with Gasteiger partial charge in [-0.2, -0.15) is 5.26 Å². The zero-order valence-corrected chi connectivity index (χ0v) is 16.7. The molecule has 0 bridgehead atoms. The summed E-state index contributed by atoms with van der Waals surface area (Å²) in [5.74, 6) is 0.806. The van der Waals surface area contributed by atoms with Crippen LogP contribution >= 0.6 is 0 Å². The molecule has 6 nitrogen and oxygen atoms in total. The molecule has 4 rings (SSSR count). The first-order valence-corrected chi connectivity index (χ1v) is 10.2. The number of nitrogens with zero attached hydrogens (tertiary/aromatic N) is 3. The molecule has 0 aromatic heterocycles. The van der Waals surface area contributed by atoms with Gasteiger partial charge >= 0.3 is 0 Å². The minimum Gasteiger partial charge on any atom is -0.486 e. The number of carbonyl (C=O) groups is 1. The molecule has 2 aromatic carbocycles. The normalized spacial score (nSPS) is 18.1. The SMILES string of the molecule is N#CCCN(C(=O)CN1CCC[C@@H]1c1ccc2c(c1)OCCO2)c1ccccc1F. The van der Waals surface area contributed by atoms with Crippen LogP contribution < -0.4 is 14.4 Å². The monoisotopic (exact) mass is 409 g/mol. The second-order valence-electron chi connectivity index (χ2n) is 7.44. The van der Waals surface area contributed by atoms with Gasteiger partial charge in [-0.3, -0.25) is 9.69 Å². The smallest absolute Gasteiger partial charge is 0.241 e. The average molecular weight is 409 g/mol. The molecule has 0 radical (unpaired) electrons. The lowest BCUT2D eigenvalue weighted by molar-refractivity contribution is -0.120. The first-order valence-electron chi connectivity index (χ1n) is 10.2. The zero-order valence-electron chi connectivity index (χ0n) is 16.7. The molecule has 30 heavy (non-hydrogen) atoms. The first kappa shape index (κ1) is 20.2. The van der Waals surface area contributed by atoms with Crippen molar-refractivity contribution in [2.24, 2.45) is 0 Å². The van der Waals surface area contributed by atoms with Crippen molar-refractivity contribution in [3.05, 3.63) is 53.8 Å². The second kappa shape index (κ2) is 9.14. The highest BCUT2D eigenvalue weighted by atomic mass is 19.1. The topological polar surface area (TPSA) is 65.8 Å². The number of hydrogen-bond acceptors (Lipinski definition) is 5. The Hall–Kier alpha value is -3.11. The van der Waals surface area contributed by atoms with Crippen LogP contribution in [0, 0.1) is 17.1 Å². The lowest BCUT2D eigenvalue weighted by atomic mass is 10.0. The molecule has 1 atom stereocenters. The summed E-state index contributed by atoms with van der Waals surface area (Å²) >= 11 is 0. The van der Waals surface area contributed by atoms with Crippen molar-refractivity contribution >= 4 is 11.6 Å². The van der Waals surface area contributed by atoms with Gasteiger partial charge in [-0.25, -0.2) is 4.39 Å². The minimum atomic E-state index is -0.464. The minimum absolute atomic E-state index is 0.0863. The van der Waals surface area contributed by atoms with Crippen LogP contribution in [0.5, 0.6) is 11.5 Å². The maximum atomic E-state index is 14.3. The van der Waals surface area contributed by atoms with E-state index in [9.17, 15) is 9.18 Å². The summed E-state index contributed by atoms with van der Waals surface area (Å²) in [6, 6.07) is 14.2. The van der Waals surface area contributed by atoms with Gasteiger partial charge in [0.05, 0.1) is 24.7 Å². The van der Waals surface area contributed by atoms with Crippen LogP contribution in [0.1, 0.15) is 30.9 Å². The van der Waals surface area contributed by atoms with Crippen molar-refractivity contribution in [3.63, 3.8) is 0 Å². The molecule has 156 valence electrons. The van der Waals surface area contributed by atoms with E-state index in [1.807, 2.05) is 24.3 Å². The van der Waals surface area contributed by atoms with Crippen molar-refractivity contribution in [1.29, 1.82) is 5.26 Å². The van der Waals surface area contributed by atoms with Crippen LogP contribution in [0.4, 0.5) is 10.1 Å². The van der Waals surface area contributed by atoms with Gasteiger partial charge in [-0.1, -0.05) is 18.2 Å². The Morgan fingerprint density at radius 1 is 1.20 bits per heavy atom. The lowest BCUT2D eigenvalue weighted by Crippen LogP contribution is -2.41. The van der Waals surface area contributed by atoms with E-state index in [4.69, 9.17) is 14.7 Å². The number of ether oxygens (including phenoxy) is 2. The Morgan fingerprint density at radius 3 is 2.80 bits per heavy atom. The second-order valence-corrected chi connectivity index (χ2v) is 7.44. The fraction of sp³-hybridized carbons (Fsp3) is 0.391. The highest BCUT2D eigenvalue weighted by Crippen LogP contribution is 2.38. The van der Waals surface area contributed by atoms with Gasteiger partial charge in [0.1, 0.15) is 19.0 Å². The van der Waals surface area contributed by atoms with Crippen molar-refractivity contribution in [3.8, 4) is 17.6 Å². The van der Waals surface area contributed by atoms with E-state index in [0.29, 0.717) is 13.2 Å². The molecule has 2 heterocycles. The number of likely N-dealkylation sites (tertiary alicyclic amines) is 1. The molecule has 2 aromatic rings. The highest BCUT2D eigenvalue weighted by molar-refractivity contribution is 5.95. The Balaban J connectivity index is 1.52. The largest absolute Gasteiger partial charge is 0.486 e. The number of halogens is 1. The van der Waals surface area contributed by atoms with E-state index >= 15 is 0 Å². The summed E-state index contributed by atoms with van der Waals surface area (Å²) in [5, 5.41) is 8.97. The predicted molar refractivity (Wildman–Crippen MR) is 110 cm³/mol. The zero-order chi connectivity index (χ0) is 20.9. The summed E-state index contributed by atoms with van der Waals surface area (Å²) in [7, 11) is 0. The molecule has 2 aliphatic heterocycles. The summed E-state index contributed by atoms with van der Waals surface area (Å²) < 4.78 is 25.6. The molecule has 0 spiro atoms. The molecule has 0 aliphatic carbocycles. The standard InChI is InChI=1S/C23H24FN3O3/c24-18-5-1-2-6-20(18)27(12-4-10-25)23(28)16-26-11-3-7-19(26)17-8-9-21-22(15-17)30-14-13-29-21/h1-2,5-6,8-9,15,19H,3-4,7,11-14,16H2/t19-/m1/s1. The summed E-state index contributed by atoms with van der Waals surface area (Å²) in [6.45, 7) is 2.19. The number of para-hydroxylation sites is 1. The molecular weight excluding hydrogens is 385 g/mol. The Bertz CT molecular complexity index is 959. The molecule has 2 aliphatic rings. The fourth-order valence-corrected chi connectivity index (χ4v) is 4.13. The van der Waals surface area contributed by atoms with Crippen molar-refractivity contribution in [2.45, 2.75) is 25.3 Å². The molecule has 1 amide bonds. The number of nitriles is 1. The van der Waals surface area contributed by atoms with Gasteiger partial charge in [0.25, 0.3) is 0 Å². The van der Waals surface area contributed by atoms with Crippen molar-refractivity contribution in [2.75, 3.05) is 37.7 Å². The number of fused-ring (bicyclic) bond motifs is 1. The van der Waals surface area contributed by atoms with Crippen LogP contribution in [0.15, 0.2) is 42.5 Å². The van der Waals surface area contributed by atoms with Crippen molar-refractivity contribution in [1.82, 2.24) is 4.90 Å². The van der Waals surface area contributed by atoms with Gasteiger partial charge < -0.3 is 14.4 Å². The van der Waals surface area contributed by atoms with E-state index in [2.05, 4.69) is 4.90 Å². The van der Waals surface area contributed by atoms with Crippen LogP contribution in [0.3, 0.4) is 0 Å². The van der Waals surface area contributed by atoms with Gasteiger partial charge in [-0.15, -0.1) is 0 Å². The molecule has 1 fully saturated rings. The number of anilines is 1. The highest BCUT2D eigenvalue weighted by Gasteiger charge is 2.30. The number of amides is 1. The Kier molecular flexibility index (Phi) is 6.15. The summed E-state index contributed by atoms with van der Waals surface area (Å²) in [6.07, 6.45) is 2.06. The van der Waals surface area contributed by atoms with Gasteiger partial charge in [0.2, 0.25) is 5.91 Å². The predicted octanol–water partition coefficient (Wildman–Crippen LogP) is 3.68. The molecule has 7 heteroatoms. The van der Waals surface area contributed by atoms with E-state index in [1.54, 1.807) is 18.2 Å².